The lowest BCUT2D eigenvalue weighted by Crippen LogP contribution is -1.95. The van der Waals surface area contributed by atoms with E-state index in [1.165, 1.54) is 12.1 Å². The summed E-state index contributed by atoms with van der Waals surface area (Å²) in [5.41, 5.74) is 1.68. The van der Waals surface area contributed by atoms with Gasteiger partial charge in [-0.2, -0.15) is 0 Å². The Bertz CT molecular complexity index is 352. The van der Waals surface area contributed by atoms with E-state index in [9.17, 15) is 10.1 Å². The van der Waals surface area contributed by atoms with Crippen LogP contribution in [0, 0.1) is 17.0 Å². The summed E-state index contributed by atoms with van der Waals surface area (Å²) in [6.45, 7) is 1.82. The fraction of sp³-hybridized carbons (Fsp3) is 0.250. The first-order valence-corrected chi connectivity index (χ1v) is 4.48. The number of halogens is 1. The van der Waals surface area contributed by atoms with E-state index in [1.807, 2.05) is 6.92 Å². The van der Waals surface area contributed by atoms with Crippen molar-refractivity contribution < 1.29 is 4.92 Å². The van der Waals surface area contributed by atoms with Crippen LogP contribution in [0.3, 0.4) is 0 Å². The highest BCUT2D eigenvalue weighted by Crippen LogP contribution is 2.30. The number of rotatable bonds is 2. The number of anilines is 1. The van der Waals surface area contributed by atoms with Gasteiger partial charge in [0.15, 0.2) is 0 Å². The lowest BCUT2D eigenvalue weighted by molar-refractivity contribution is -0.384. The van der Waals surface area contributed by atoms with Crippen molar-refractivity contribution in [2.45, 2.75) is 6.92 Å². The monoisotopic (exact) mass is 244 g/mol. The van der Waals surface area contributed by atoms with Crippen molar-refractivity contribution in [3.05, 3.63) is 32.3 Å². The molecule has 1 rings (SSSR count). The average Bonchev–Trinajstić information content (AvgIpc) is 2.09. The van der Waals surface area contributed by atoms with Gasteiger partial charge in [-0.1, -0.05) is 0 Å². The average molecular weight is 245 g/mol. The first kappa shape index (κ1) is 9.98. The van der Waals surface area contributed by atoms with Crippen LogP contribution < -0.4 is 5.32 Å². The standard InChI is InChI=1S/C8H9BrN2O2/c1-5-3-6(11(12)13)4-7(10-2)8(5)9/h3-4,10H,1-2H3. The minimum absolute atomic E-state index is 0.102. The van der Waals surface area contributed by atoms with Gasteiger partial charge in [0.25, 0.3) is 5.69 Å². The molecule has 0 unspecified atom stereocenters. The molecule has 0 saturated heterocycles. The van der Waals surface area contributed by atoms with E-state index >= 15 is 0 Å². The first-order chi connectivity index (χ1) is 6.06. The Morgan fingerprint density at radius 2 is 2.15 bits per heavy atom. The number of nitrogens with zero attached hydrogens (tertiary/aromatic N) is 1. The molecular weight excluding hydrogens is 236 g/mol. The van der Waals surface area contributed by atoms with Crippen LogP contribution in [-0.2, 0) is 0 Å². The fourth-order valence-electron chi connectivity index (χ4n) is 1.04. The summed E-state index contributed by atoms with van der Waals surface area (Å²) >= 11 is 3.34. The summed E-state index contributed by atoms with van der Waals surface area (Å²) in [5.74, 6) is 0. The van der Waals surface area contributed by atoms with Crippen LogP contribution >= 0.6 is 15.9 Å². The molecule has 0 spiro atoms. The molecule has 1 aromatic carbocycles. The van der Waals surface area contributed by atoms with Crippen molar-refractivity contribution in [1.82, 2.24) is 0 Å². The van der Waals surface area contributed by atoms with Crippen LogP contribution in [0.2, 0.25) is 0 Å². The zero-order valence-corrected chi connectivity index (χ0v) is 8.88. The molecule has 0 amide bonds. The highest BCUT2D eigenvalue weighted by atomic mass is 79.9. The van der Waals surface area contributed by atoms with Crippen LogP contribution in [-0.4, -0.2) is 12.0 Å². The lowest BCUT2D eigenvalue weighted by atomic mass is 10.2. The van der Waals surface area contributed by atoms with Crippen molar-refractivity contribution in [2.24, 2.45) is 0 Å². The molecule has 0 aliphatic rings. The van der Waals surface area contributed by atoms with Crippen molar-refractivity contribution in [3.8, 4) is 0 Å². The molecule has 0 heterocycles. The molecule has 0 aromatic heterocycles. The summed E-state index contributed by atoms with van der Waals surface area (Å²) in [5, 5.41) is 13.4. The zero-order valence-electron chi connectivity index (χ0n) is 7.30. The quantitative estimate of drug-likeness (QED) is 0.643. The number of aryl methyl sites for hydroxylation is 1. The van der Waals surface area contributed by atoms with E-state index in [-0.39, 0.29) is 5.69 Å². The van der Waals surface area contributed by atoms with Crippen LogP contribution in [0.5, 0.6) is 0 Å². The molecule has 0 fully saturated rings. The Morgan fingerprint density at radius 3 is 2.62 bits per heavy atom. The topological polar surface area (TPSA) is 55.2 Å². The van der Waals surface area contributed by atoms with Gasteiger partial charge in [0, 0.05) is 23.7 Å². The second-order valence-electron chi connectivity index (χ2n) is 2.63. The first-order valence-electron chi connectivity index (χ1n) is 3.68. The van der Waals surface area contributed by atoms with Gasteiger partial charge in [0.1, 0.15) is 0 Å². The molecule has 13 heavy (non-hydrogen) atoms. The summed E-state index contributed by atoms with van der Waals surface area (Å²) in [6.07, 6.45) is 0. The van der Waals surface area contributed by atoms with Crippen LogP contribution in [0.15, 0.2) is 16.6 Å². The van der Waals surface area contributed by atoms with E-state index in [2.05, 4.69) is 21.2 Å². The van der Waals surface area contributed by atoms with Gasteiger partial charge in [-0.05, 0) is 28.4 Å². The smallest absolute Gasteiger partial charge is 0.271 e. The Balaban J connectivity index is 3.30. The SMILES string of the molecule is CNc1cc([N+](=O)[O-])cc(C)c1Br. The van der Waals surface area contributed by atoms with Crippen molar-refractivity contribution in [1.29, 1.82) is 0 Å². The van der Waals surface area contributed by atoms with E-state index in [4.69, 9.17) is 0 Å². The highest BCUT2D eigenvalue weighted by molar-refractivity contribution is 9.10. The maximum Gasteiger partial charge on any atom is 0.271 e. The molecule has 0 aliphatic heterocycles. The minimum Gasteiger partial charge on any atom is -0.387 e. The Kier molecular flexibility index (Phi) is 2.87. The van der Waals surface area contributed by atoms with E-state index in [1.54, 1.807) is 7.05 Å². The molecule has 0 radical (unpaired) electrons. The molecule has 4 nitrogen and oxygen atoms in total. The van der Waals surface area contributed by atoms with Crippen molar-refractivity contribution >= 4 is 27.3 Å². The van der Waals surface area contributed by atoms with Gasteiger partial charge in [-0.3, -0.25) is 10.1 Å². The molecule has 0 atom stereocenters. The third kappa shape index (κ3) is 1.98. The number of hydrogen-bond acceptors (Lipinski definition) is 3. The van der Waals surface area contributed by atoms with Gasteiger partial charge in [-0.25, -0.2) is 0 Å². The summed E-state index contributed by atoms with van der Waals surface area (Å²) < 4.78 is 0.862. The van der Waals surface area contributed by atoms with Gasteiger partial charge in [0.05, 0.1) is 10.6 Å². The third-order valence-electron chi connectivity index (χ3n) is 1.72. The third-order valence-corrected chi connectivity index (χ3v) is 2.77. The second-order valence-corrected chi connectivity index (χ2v) is 3.42. The largest absolute Gasteiger partial charge is 0.387 e. The summed E-state index contributed by atoms with van der Waals surface area (Å²) in [4.78, 5) is 10.1. The van der Waals surface area contributed by atoms with Crippen LogP contribution in [0.25, 0.3) is 0 Å². The van der Waals surface area contributed by atoms with E-state index < -0.39 is 4.92 Å². The van der Waals surface area contributed by atoms with Crippen LogP contribution in [0.1, 0.15) is 5.56 Å². The van der Waals surface area contributed by atoms with Gasteiger partial charge in [0.2, 0.25) is 0 Å². The lowest BCUT2D eigenvalue weighted by Gasteiger charge is -2.05. The number of benzene rings is 1. The highest BCUT2D eigenvalue weighted by Gasteiger charge is 2.11. The Labute approximate surface area is 84.2 Å². The number of nitro groups is 1. The van der Waals surface area contributed by atoms with Crippen LogP contribution in [0.4, 0.5) is 11.4 Å². The molecule has 0 saturated carbocycles. The molecular formula is C8H9BrN2O2. The number of non-ortho nitro benzene ring substituents is 1. The molecule has 1 aromatic rings. The summed E-state index contributed by atoms with van der Waals surface area (Å²) in [7, 11) is 1.73. The summed E-state index contributed by atoms with van der Waals surface area (Å²) in [6, 6.07) is 3.03. The van der Waals surface area contributed by atoms with Gasteiger partial charge < -0.3 is 5.32 Å². The number of nitro benzene ring substituents is 1. The fourth-order valence-corrected chi connectivity index (χ4v) is 1.47. The van der Waals surface area contributed by atoms with Crippen molar-refractivity contribution in [3.63, 3.8) is 0 Å². The Morgan fingerprint density at radius 1 is 1.54 bits per heavy atom. The molecule has 0 aliphatic carbocycles. The molecule has 1 N–H and O–H groups in total. The van der Waals surface area contributed by atoms with E-state index in [0.717, 1.165) is 15.7 Å². The molecule has 5 heteroatoms. The Hall–Kier alpha value is -1.10. The number of nitrogens with one attached hydrogen (secondary N) is 1. The number of hydrogen-bond donors (Lipinski definition) is 1. The maximum absolute atomic E-state index is 10.5. The van der Waals surface area contributed by atoms with Gasteiger partial charge >= 0.3 is 0 Å². The van der Waals surface area contributed by atoms with Gasteiger partial charge in [-0.15, -0.1) is 0 Å². The predicted octanol–water partition coefficient (Wildman–Crippen LogP) is 2.71. The predicted molar refractivity (Wildman–Crippen MR) is 55.1 cm³/mol. The zero-order chi connectivity index (χ0) is 10.0. The van der Waals surface area contributed by atoms with E-state index in [0.29, 0.717) is 0 Å². The molecule has 0 bridgehead atoms. The second kappa shape index (κ2) is 3.74. The molecule has 70 valence electrons. The minimum atomic E-state index is -0.403. The maximum atomic E-state index is 10.5. The van der Waals surface area contributed by atoms with Crippen molar-refractivity contribution in [2.75, 3.05) is 12.4 Å². The normalized spacial score (nSPS) is 9.77.